The van der Waals surface area contributed by atoms with Crippen LogP contribution in [0.4, 0.5) is 23.0 Å². The second kappa shape index (κ2) is 9.47. The average Bonchev–Trinajstić information content (AvgIpc) is 2.80. The molecular weight excluding hydrogens is 398 g/mol. The molecule has 0 aliphatic heterocycles. The van der Waals surface area contributed by atoms with Crippen LogP contribution in [0.25, 0.3) is 10.8 Å². The van der Waals surface area contributed by atoms with Crippen LogP contribution in [-0.2, 0) is 0 Å². The van der Waals surface area contributed by atoms with E-state index in [-0.39, 0.29) is 5.91 Å². The van der Waals surface area contributed by atoms with E-state index in [1.165, 1.54) is 0 Å². The number of benzene rings is 3. The van der Waals surface area contributed by atoms with Crippen LogP contribution in [0.5, 0.6) is 0 Å². The number of hydrogen-bond donors (Lipinski definition) is 2. The quantitative estimate of drug-likeness (QED) is 0.393. The fraction of sp³-hybridized carbons (Fsp3) is 0.192. The van der Waals surface area contributed by atoms with E-state index in [9.17, 15) is 4.79 Å². The second-order valence-corrected chi connectivity index (χ2v) is 7.55. The minimum absolute atomic E-state index is 0.133. The van der Waals surface area contributed by atoms with Gasteiger partial charge in [-0.2, -0.15) is 0 Å². The molecule has 4 rings (SSSR count). The van der Waals surface area contributed by atoms with Crippen molar-refractivity contribution < 1.29 is 4.79 Å². The number of carbonyl (C=O) groups is 1. The molecule has 3 aromatic carbocycles. The third-order valence-electron chi connectivity index (χ3n) is 5.34. The smallest absolute Gasteiger partial charge is 0.255 e. The molecule has 1 amide bonds. The first-order chi connectivity index (χ1) is 15.6. The summed E-state index contributed by atoms with van der Waals surface area (Å²) < 4.78 is 0. The van der Waals surface area contributed by atoms with Crippen molar-refractivity contribution in [1.29, 1.82) is 0 Å². The summed E-state index contributed by atoms with van der Waals surface area (Å²) in [5.41, 5.74) is 2.25. The van der Waals surface area contributed by atoms with Crippen LogP contribution in [0.1, 0.15) is 30.0 Å². The maximum atomic E-state index is 12.7. The zero-order valence-electron chi connectivity index (χ0n) is 18.6. The third-order valence-corrected chi connectivity index (χ3v) is 5.34. The van der Waals surface area contributed by atoms with Crippen LogP contribution in [0.2, 0.25) is 0 Å². The van der Waals surface area contributed by atoms with Gasteiger partial charge in [-0.1, -0.05) is 30.3 Å². The number of anilines is 4. The van der Waals surface area contributed by atoms with Gasteiger partial charge in [0.1, 0.15) is 17.5 Å². The molecule has 6 heteroatoms. The lowest BCUT2D eigenvalue weighted by Crippen LogP contribution is -2.23. The van der Waals surface area contributed by atoms with Crippen LogP contribution < -0.4 is 15.5 Å². The zero-order chi connectivity index (χ0) is 22.5. The fourth-order valence-corrected chi connectivity index (χ4v) is 3.64. The van der Waals surface area contributed by atoms with Crippen molar-refractivity contribution in [1.82, 2.24) is 9.97 Å². The van der Waals surface area contributed by atoms with E-state index in [4.69, 9.17) is 0 Å². The van der Waals surface area contributed by atoms with E-state index >= 15 is 0 Å². The first-order valence-corrected chi connectivity index (χ1v) is 10.8. The number of hydrogen-bond acceptors (Lipinski definition) is 5. The second-order valence-electron chi connectivity index (χ2n) is 7.55. The number of aromatic nitrogens is 2. The lowest BCUT2D eigenvalue weighted by atomic mass is 10.1. The Bertz CT molecular complexity index is 1230. The Morgan fingerprint density at radius 1 is 0.844 bits per heavy atom. The number of nitrogens with one attached hydrogen (secondary N) is 2. The zero-order valence-corrected chi connectivity index (χ0v) is 18.6. The molecule has 0 bridgehead atoms. The molecule has 1 heterocycles. The SMILES string of the molecule is CCN(CC)c1cc(Nc2ccc(NC(=O)c3ccc4ccccc4c3)cc2)nc(C)n1. The molecular formula is C26H27N5O. The Hall–Kier alpha value is -3.93. The van der Waals surface area contributed by atoms with Gasteiger partial charge in [0, 0.05) is 36.1 Å². The molecule has 0 unspecified atom stereocenters. The standard InChI is InChI=1S/C26H27N5O/c1-4-31(5-2)25-17-24(27-18(3)28-25)29-22-12-14-23(15-13-22)30-26(32)21-11-10-19-8-6-7-9-20(19)16-21/h6-17H,4-5H2,1-3H3,(H,30,32)(H,27,28,29). The molecule has 6 nitrogen and oxygen atoms in total. The van der Waals surface area contributed by atoms with Crippen molar-refractivity contribution in [3.63, 3.8) is 0 Å². The van der Waals surface area contributed by atoms with E-state index in [0.717, 1.165) is 52.7 Å². The van der Waals surface area contributed by atoms with E-state index in [0.29, 0.717) is 5.56 Å². The average molecular weight is 426 g/mol. The van der Waals surface area contributed by atoms with E-state index < -0.39 is 0 Å². The van der Waals surface area contributed by atoms with Gasteiger partial charge in [-0.25, -0.2) is 9.97 Å². The molecule has 0 aliphatic carbocycles. The molecule has 1 aromatic heterocycles. The van der Waals surface area contributed by atoms with Crippen molar-refractivity contribution in [3.05, 3.63) is 84.2 Å². The van der Waals surface area contributed by atoms with Gasteiger partial charge in [0.2, 0.25) is 0 Å². The predicted octanol–water partition coefficient (Wildman–Crippen LogP) is 5.78. The van der Waals surface area contributed by atoms with Gasteiger partial charge in [0.15, 0.2) is 0 Å². The van der Waals surface area contributed by atoms with E-state index in [1.807, 2.05) is 79.7 Å². The molecule has 0 radical (unpaired) electrons. The highest BCUT2D eigenvalue weighted by atomic mass is 16.1. The van der Waals surface area contributed by atoms with Gasteiger partial charge in [-0.3, -0.25) is 4.79 Å². The minimum Gasteiger partial charge on any atom is -0.357 e. The van der Waals surface area contributed by atoms with E-state index in [2.05, 4.69) is 39.3 Å². The minimum atomic E-state index is -0.133. The van der Waals surface area contributed by atoms with Crippen LogP contribution in [0.15, 0.2) is 72.8 Å². The maximum Gasteiger partial charge on any atom is 0.255 e. The summed E-state index contributed by atoms with van der Waals surface area (Å²) in [4.78, 5) is 23.9. The van der Waals surface area contributed by atoms with Crippen molar-refractivity contribution in [2.45, 2.75) is 20.8 Å². The molecule has 0 fully saturated rings. The van der Waals surface area contributed by atoms with Gasteiger partial charge < -0.3 is 15.5 Å². The Morgan fingerprint density at radius 2 is 1.53 bits per heavy atom. The van der Waals surface area contributed by atoms with Gasteiger partial charge in [0.25, 0.3) is 5.91 Å². The number of fused-ring (bicyclic) bond motifs is 1. The lowest BCUT2D eigenvalue weighted by molar-refractivity contribution is 0.102. The highest BCUT2D eigenvalue weighted by Gasteiger charge is 2.09. The number of amides is 1. The first kappa shape index (κ1) is 21.3. The third kappa shape index (κ3) is 4.86. The van der Waals surface area contributed by atoms with Gasteiger partial charge >= 0.3 is 0 Å². The highest BCUT2D eigenvalue weighted by Crippen LogP contribution is 2.22. The van der Waals surface area contributed by atoms with Crippen LogP contribution in [0, 0.1) is 6.92 Å². The largest absolute Gasteiger partial charge is 0.357 e. The number of aryl methyl sites for hydroxylation is 1. The Kier molecular flexibility index (Phi) is 6.31. The Morgan fingerprint density at radius 3 is 2.25 bits per heavy atom. The normalized spacial score (nSPS) is 10.7. The molecule has 4 aromatic rings. The predicted molar refractivity (Wildman–Crippen MR) is 132 cm³/mol. The molecule has 0 saturated carbocycles. The number of carbonyl (C=O) groups excluding carboxylic acids is 1. The van der Waals surface area contributed by atoms with Gasteiger partial charge in [-0.05, 0) is 67.9 Å². The van der Waals surface area contributed by atoms with Crippen LogP contribution >= 0.6 is 0 Å². The number of rotatable bonds is 7. The summed E-state index contributed by atoms with van der Waals surface area (Å²) in [7, 11) is 0. The molecule has 162 valence electrons. The van der Waals surface area contributed by atoms with Crippen molar-refractivity contribution in [2.75, 3.05) is 28.6 Å². The fourth-order valence-electron chi connectivity index (χ4n) is 3.64. The van der Waals surface area contributed by atoms with Crippen LogP contribution in [-0.4, -0.2) is 29.0 Å². The monoisotopic (exact) mass is 425 g/mol. The summed E-state index contributed by atoms with van der Waals surface area (Å²) in [5.74, 6) is 2.24. The van der Waals surface area contributed by atoms with Gasteiger partial charge in [-0.15, -0.1) is 0 Å². The molecule has 32 heavy (non-hydrogen) atoms. The van der Waals surface area contributed by atoms with E-state index in [1.54, 1.807) is 0 Å². The Labute approximate surface area is 188 Å². The molecule has 0 spiro atoms. The van der Waals surface area contributed by atoms with Crippen LogP contribution in [0.3, 0.4) is 0 Å². The lowest BCUT2D eigenvalue weighted by Gasteiger charge is -2.20. The topological polar surface area (TPSA) is 70.2 Å². The summed E-state index contributed by atoms with van der Waals surface area (Å²) in [6, 6.07) is 23.3. The molecule has 2 N–H and O–H groups in total. The highest BCUT2D eigenvalue weighted by molar-refractivity contribution is 6.06. The molecule has 0 aliphatic rings. The van der Waals surface area contributed by atoms with Crippen molar-refractivity contribution in [2.24, 2.45) is 0 Å². The summed E-state index contributed by atoms with van der Waals surface area (Å²) >= 11 is 0. The Balaban J connectivity index is 1.45. The maximum absolute atomic E-state index is 12.7. The summed E-state index contributed by atoms with van der Waals surface area (Å²) in [6.45, 7) is 7.89. The first-order valence-electron chi connectivity index (χ1n) is 10.8. The summed E-state index contributed by atoms with van der Waals surface area (Å²) in [6.07, 6.45) is 0. The summed E-state index contributed by atoms with van der Waals surface area (Å²) in [5, 5.41) is 8.45. The molecule has 0 saturated heterocycles. The van der Waals surface area contributed by atoms with Crippen molar-refractivity contribution in [3.8, 4) is 0 Å². The molecule has 0 atom stereocenters. The number of nitrogens with zero attached hydrogens (tertiary/aromatic N) is 3. The van der Waals surface area contributed by atoms with Crippen molar-refractivity contribution >= 4 is 39.7 Å². The van der Waals surface area contributed by atoms with Gasteiger partial charge in [0.05, 0.1) is 0 Å².